The molecule has 0 bridgehead atoms. The van der Waals surface area contributed by atoms with E-state index in [0.717, 1.165) is 0 Å². The molecule has 3 amide bonds. The Morgan fingerprint density at radius 3 is 2.57 bits per heavy atom. The molecule has 1 N–H and O–H groups in total. The number of benzene rings is 1. The number of hydrogen-bond donors (Lipinski definition) is 1. The summed E-state index contributed by atoms with van der Waals surface area (Å²) < 4.78 is 19.4. The van der Waals surface area contributed by atoms with Crippen molar-refractivity contribution in [3.05, 3.63) is 46.9 Å². The maximum Gasteiger partial charge on any atom is 0.338 e. The number of rotatable bonds is 8. The molecule has 2 heterocycles. The van der Waals surface area contributed by atoms with Crippen molar-refractivity contribution in [2.45, 2.75) is 53.1 Å². The molecule has 2 atom stereocenters. The average Bonchev–Trinajstić information content (AvgIpc) is 2.78. The topological polar surface area (TPSA) is 82.2 Å². The highest BCUT2D eigenvalue weighted by Crippen LogP contribution is 2.32. The maximum absolute atomic E-state index is 14.0. The zero-order valence-electron chi connectivity index (χ0n) is 21.3. The van der Waals surface area contributed by atoms with Crippen LogP contribution in [0.25, 0.3) is 0 Å². The minimum Gasteiger partial charge on any atom is -0.463 e. The number of hydrogen-bond acceptors (Lipinski definition) is 5. The number of carbonyl (C=O) groups is 3. The van der Waals surface area contributed by atoms with Crippen molar-refractivity contribution < 1.29 is 23.5 Å². The van der Waals surface area contributed by atoms with Gasteiger partial charge in [-0.2, -0.15) is 0 Å². The summed E-state index contributed by atoms with van der Waals surface area (Å²) >= 11 is 0. The van der Waals surface area contributed by atoms with Gasteiger partial charge in [0.15, 0.2) is 0 Å². The van der Waals surface area contributed by atoms with Crippen LogP contribution in [-0.2, 0) is 14.3 Å². The second kappa shape index (κ2) is 11.7. The van der Waals surface area contributed by atoms with E-state index in [-0.39, 0.29) is 24.6 Å². The monoisotopic (exact) mass is 488 g/mol. The zero-order chi connectivity index (χ0) is 25.7. The Balaban J connectivity index is 1.94. The van der Waals surface area contributed by atoms with E-state index in [2.05, 4.69) is 10.2 Å². The third-order valence-electron chi connectivity index (χ3n) is 6.42. The van der Waals surface area contributed by atoms with Gasteiger partial charge >= 0.3 is 12.0 Å². The van der Waals surface area contributed by atoms with Crippen LogP contribution in [0.2, 0.25) is 0 Å². The van der Waals surface area contributed by atoms with E-state index in [1.807, 2.05) is 32.6 Å². The van der Waals surface area contributed by atoms with Gasteiger partial charge in [-0.3, -0.25) is 14.6 Å². The van der Waals surface area contributed by atoms with Crippen molar-refractivity contribution in [3.63, 3.8) is 0 Å². The van der Waals surface area contributed by atoms with Crippen molar-refractivity contribution in [2.75, 3.05) is 39.3 Å². The highest BCUT2D eigenvalue weighted by molar-refractivity contribution is 5.95. The molecule has 1 aromatic rings. The fraction of sp³-hybridized carbons (Fsp3) is 0.577. The van der Waals surface area contributed by atoms with Gasteiger partial charge in [-0.15, -0.1) is 0 Å². The van der Waals surface area contributed by atoms with Gasteiger partial charge < -0.3 is 15.0 Å². The van der Waals surface area contributed by atoms with Crippen molar-refractivity contribution in [1.29, 1.82) is 0 Å². The standard InChI is InChI=1S/C26H37FN4O4/c1-6-30-21(16-29-11-12-31(18(5)15-29)22(32)13-17(3)4)23(25(33)35-7-2)24(28-26(30)34)19-9-8-10-20(27)14-19/h8-10,14,17-18,24H,6-7,11-13,15-16H2,1-5H3,(H,28,34)/t18-,24+/m0/s1. The van der Waals surface area contributed by atoms with Gasteiger partial charge in [0, 0.05) is 50.9 Å². The van der Waals surface area contributed by atoms with Crippen LogP contribution in [0.5, 0.6) is 0 Å². The Morgan fingerprint density at radius 1 is 1.23 bits per heavy atom. The number of amides is 3. The Labute approximate surface area is 207 Å². The molecule has 8 nitrogen and oxygen atoms in total. The highest BCUT2D eigenvalue weighted by Gasteiger charge is 2.39. The molecule has 1 aromatic carbocycles. The summed E-state index contributed by atoms with van der Waals surface area (Å²) in [5, 5.41) is 2.86. The van der Waals surface area contributed by atoms with Gasteiger partial charge in [0.2, 0.25) is 5.91 Å². The van der Waals surface area contributed by atoms with E-state index < -0.39 is 17.8 Å². The Morgan fingerprint density at radius 2 is 1.97 bits per heavy atom. The Kier molecular flexibility index (Phi) is 8.88. The van der Waals surface area contributed by atoms with E-state index in [0.29, 0.717) is 61.9 Å². The molecule has 0 unspecified atom stereocenters. The van der Waals surface area contributed by atoms with Crippen LogP contribution in [0.4, 0.5) is 9.18 Å². The summed E-state index contributed by atoms with van der Waals surface area (Å²) in [5.74, 6) is -0.537. The van der Waals surface area contributed by atoms with Crippen LogP contribution >= 0.6 is 0 Å². The molecular weight excluding hydrogens is 451 g/mol. The lowest BCUT2D eigenvalue weighted by Gasteiger charge is -2.43. The predicted octanol–water partition coefficient (Wildman–Crippen LogP) is 3.31. The fourth-order valence-electron chi connectivity index (χ4n) is 4.82. The summed E-state index contributed by atoms with van der Waals surface area (Å²) in [7, 11) is 0. The van der Waals surface area contributed by atoms with Crippen LogP contribution < -0.4 is 5.32 Å². The molecule has 192 valence electrons. The third kappa shape index (κ3) is 6.20. The minimum atomic E-state index is -0.818. The number of urea groups is 1. The second-order valence-electron chi connectivity index (χ2n) is 9.53. The summed E-state index contributed by atoms with van der Waals surface area (Å²) in [6, 6.07) is 4.74. The van der Waals surface area contributed by atoms with Crippen molar-refractivity contribution >= 4 is 17.9 Å². The molecule has 35 heavy (non-hydrogen) atoms. The summed E-state index contributed by atoms with van der Waals surface area (Å²) in [6.45, 7) is 12.4. The van der Waals surface area contributed by atoms with E-state index in [9.17, 15) is 18.8 Å². The van der Waals surface area contributed by atoms with E-state index in [4.69, 9.17) is 4.74 Å². The normalized spacial score (nSPS) is 21.4. The van der Waals surface area contributed by atoms with E-state index in [1.54, 1.807) is 24.0 Å². The summed E-state index contributed by atoms with van der Waals surface area (Å²) in [5.41, 5.74) is 1.34. The lowest BCUT2D eigenvalue weighted by molar-refractivity contribution is -0.139. The molecule has 3 rings (SSSR count). The van der Waals surface area contributed by atoms with Gasteiger partial charge in [-0.1, -0.05) is 26.0 Å². The predicted molar refractivity (Wildman–Crippen MR) is 131 cm³/mol. The number of carbonyl (C=O) groups excluding carboxylic acids is 3. The smallest absolute Gasteiger partial charge is 0.338 e. The number of nitrogens with zero attached hydrogens (tertiary/aromatic N) is 3. The average molecular weight is 489 g/mol. The van der Waals surface area contributed by atoms with Crippen LogP contribution in [0.1, 0.15) is 52.6 Å². The van der Waals surface area contributed by atoms with Crippen LogP contribution in [0.15, 0.2) is 35.5 Å². The van der Waals surface area contributed by atoms with Gasteiger partial charge in [0.25, 0.3) is 0 Å². The largest absolute Gasteiger partial charge is 0.463 e. The van der Waals surface area contributed by atoms with Crippen molar-refractivity contribution in [2.24, 2.45) is 5.92 Å². The molecular formula is C26H37FN4O4. The molecule has 9 heteroatoms. The molecule has 2 aliphatic rings. The molecule has 2 aliphatic heterocycles. The first-order chi connectivity index (χ1) is 16.7. The molecule has 1 fully saturated rings. The number of ether oxygens (including phenoxy) is 1. The minimum absolute atomic E-state index is 0.00755. The van der Waals surface area contributed by atoms with Gasteiger partial charge in [-0.25, -0.2) is 14.0 Å². The van der Waals surface area contributed by atoms with Crippen molar-refractivity contribution in [3.8, 4) is 0 Å². The molecule has 0 radical (unpaired) electrons. The Bertz CT molecular complexity index is 980. The number of piperazine rings is 1. The van der Waals surface area contributed by atoms with Gasteiger partial charge in [0.05, 0.1) is 18.2 Å². The molecule has 0 aliphatic carbocycles. The molecule has 1 saturated heterocycles. The lowest BCUT2D eigenvalue weighted by Crippen LogP contribution is -2.56. The molecule has 0 spiro atoms. The van der Waals surface area contributed by atoms with Crippen LogP contribution in [0.3, 0.4) is 0 Å². The molecule has 0 aromatic heterocycles. The second-order valence-corrected chi connectivity index (χ2v) is 9.53. The number of esters is 1. The SMILES string of the molecule is CCOC(=O)C1=C(CN2CCN(C(=O)CC(C)C)[C@@H](C)C2)N(CC)C(=O)N[C@@H]1c1cccc(F)c1. The summed E-state index contributed by atoms with van der Waals surface area (Å²) in [6.07, 6.45) is 0.515. The van der Waals surface area contributed by atoms with Crippen molar-refractivity contribution in [1.82, 2.24) is 20.0 Å². The quantitative estimate of drug-likeness (QED) is 0.568. The van der Waals surface area contributed by atoms with Gasteiger partial charge in [-0.05, 0) is 44.4 Å². The number of nitrogens with one attached hydrogen (secondary N) is 1. The highest BCUT2D eigenvalue weighted by atomic mass is 19.1. The van der Waals surface area contributed by atoms with Crippen LogP contribution in [0, 0.1) is 11.7 Å². The number of likely N-dealkylation sites (N-methyl/N-ethyl adjacent to an activating group) is 1. The molecule has 0 saturated carbocycles. The lowest BCUT2D eigenvalue weighted by atomic mass is 9.94. The van der Waals surface area contributed by atoms with Gasteiger partial charge in [0.1, 0.15) is 5.82 Å². The maximum atomic E-state index is 14.0. The summed E-state index contributed by atoms with van der Waals surface area (Å²) in [4.78, 5) is 44.5. The van der Waals surface area contributed by atoms with E-state index in [1.165, 1.54) is 12.1 Å². The third-order valence-corrected chi connectivity index (χ3v) is 6.42. The first-order valence-corrected chi connectivity index (χ1v) is 12.4. The first-order valence-electron chi connectivity index (χ1n) is 12.4. The zero-order valence-corrected chi connectivity index (χ0v) is 21.3. The van der Waals surface area contributed by atoms with E-state index >= 15 is 0 Å². The number of halogens is 1. The first kappa shape index (κ1) is 26.7. The fourth-order valence-corrected chi connectivity index (χ4v) is 4.82. The van der Waals surface area contributed by atoms with Crippen LogP contribution in [-0.4, -0.2) is 78.0 Å². The Hall–Kier alpha value is -2.94.